The largest absolute Gasteiger partial charge is 0.437 e. The summed E-state index contributed by atoms with van der Waals surface area (Å²) in [4.78, 5) is 12.5. The number of para-hydroxylation sites is 1. The van der Waals surface area contributed by atoms with Crippen molar-refractivity contribution in [3.8, 4) is 5.75 Å². The van der Waals surface area contributed by atoms with Gasteiger partial charge in [-0.1, -0.05) is 38.0 Å². The van der Waals surface area contributed by atoms with E-state index in [1.54, 1.807) is 18.2 Å². The number of unbranched alkanes of at least 4 members (excludes halogenated alkanes) is 2. The van der Waals surface area contributed by atoms with E-state index in [1.165, 1.54) is 12.1 Å². The molecule has 146 valence electrons. The van der Waals surface area contributed by atoms with Crippen molar-refractivity contribution in [2.24, 2.45) is 0 Å². The van der Waals surface area contributed by atoms with Crippen molar-refractivity contribution < 1.29 is 39.8 Å². The summed E-state index contributed by atoms with van der Waals surface area (Å²) >= 11 is 0. The molecule has 0 spiro atoms. The van der Waals surface area contributed by atoms with Crippen LogP contribution in [0.15, 0.2) is 30.3 Å². The van der Waals surface area contributed by atoms with E-state index in [-0.39, 0.29) is 12.2 Å². The lowest BCUT2D eigenvalue weighted by Gasteiger charge is -2.49. The van der Waals surface area contributed by atoms with Crippen LogP contribution in [-0.2, 0) is 9.53 Å². The van der Waals surface area contributed by atoms with Gasteiger partial charge in [0, 0.05) is 6.42 Å². The highest BCUT2D eigenvalue weighted by Crippen LogP contribution is 2.37. The molecule has 1 heterocycles. The SMILES string of the molecule is CCCCCC(=O)[C@]1(O)[C@H](O)[C@@H](O)[C@](O)(Oc2ccccc2)O[C@@H]1CO. The maximum absolute atomic E-state index is 12.5. The van der Waals surface area contributed by atoms with Crippen LogP contribution in [0.25, 0.3) is 0 Å². The van der Waals surface area contributed by atoms with E-state index in [0.717, 1.165) is 12.8 Å². The Morgan fingerprint density at radius 2 is 1.81 bits per heavy atom. The van der Waals surface area contributed by atoms with Crippen LogP contribution in [0.2, 0.25) is 0 Å². The third kappa shape index (κ3) is 3.90. The summed E-state index contributed by atoms with van der Waals surface area (Å²) in [5, 5.41) is 51.5. The smallest absolute Gasteiger partial charge is 0.355 e. The van der Waals surface area contributed by atoms with Crippen molar-refractivity contribution in [2.75, 3.05) is 6.61 Å². The molecular formula is C18H26O8. The van der Waals surface area contributed by atoms with Crippen molar-refractivity contribution in [3.05, 3.63) is 30.3 Å². The molecule has 1 saturated heterocycles. The number of benzene rings is 1. The van der Waals surface area contributed by atoms with Crippen molar-refractivity contribution in [2.45, 2.75) is 62.5 Å². The van der Waals surface area contributed by atoms with Crippen LogP contribution in [0.4, 0.5) is 0 Å². The first kappa shape index (κ1) is 20.8. The van der Waals surface area contributed by atoms with Crippen molar-refractivity contribution in [3.63, 3.8) is 0 Å². The molecule has 1 aliphatic heterocycles. The predicted molar refractivity (Wildman–Crippen MR) is 90.1 cm³/mol. The first-order valence-corrected chi connectivity index (χ1v) is 8.66. The second-order valence-corrected chi connectivity index (χ2v) is 6.43. The summed E-state index contributed by atoms with van der Waals surface area (Å²) in [5.41, 5.74) is -2.56. The molecule has 5 N–H and O–H groups in total. The van der Waals surface area contributed by atoms with Gasteiger partial charge in [0.2, 0.25) is 0 Å². The van der Waals surface area contributed by atoms with E-state index in [2.05, 4.69) is 0 Å². The van der Waals surface area contributed by atoms with Crippen LogP contribution >= 0.6 is 0 Å². The Morgan fingerprint density at radius 3 is 2.38 bits per heavy atom. The molecule has 0 amide bonds. The maximum Gasteiger partial charge on any atom is 0.355 e. The quantitative estimate of drug-likeness (QED) is 0.311. The number of Topliss-reactive ketones (excluding diaryl/α,β-unsaturated/α-hetero) is 1. The van der Waals surface area contributed by atoms with Crippen molar-refractivity contribution >= 4 is 5.78 Å². The first-order valence-electron chi connectivity index (χ1n) is 8.66. The second kappa shape index (κ2) is 8.43. The predicted octanol–water partition coefficient (Wildman–Crippen LogP) is -0.295. The number of hydrogen-bond donors (Lipinski definition) is 5. The zero-order valence-electron chi connectivity index (χ0n) is 14.6. The summed E-state index contributed by atoms with van der Waals surface area (Å²) in [5.74, 6) is -3.40. The van der Waals surface area contributed by atoms with Gasteiger partial charge < -0.3 is 35.0 Å². The number of aliphatic hydroxyl groups is 5. The van der Waals surface area contributed by atoms with Gasteiger partial charge in [0.15, 0.2) is 17.5 Å². The van der Waals surface area contributed by atoms with Crippen LogP contribution < -0.4 is 4.74 Å². The van der Waals surface area contributed by atoms with Crippen LogP contribution in [0.5, 0.6) is 5.75 Å². The summed E-state index contributed by atoms with van der Waals surface area (Å²) in [7, 11) is 0. The zero-order valence-corrected chi connectivity index (χ0v) is 14.6. The Morgan fingerprint density at radius 1 is 1.15 bits per heavy atom. The number of carbonyl (C=O) groups excluding carboxylic acids is 1. The molecule has 1 aromatic carbocycles. The molecule has 5 atom stereocenters. The molecule has 1 fully saturated rings. The molecule has 26 heavy (non-hydrogen) atoms. The minimum Gasteiger partial charge on any atom is -0.437 e. The Hall–Kier alpha value is -1.55. The molecule has 0 bridgehead atoms. The van der Waals surface area contributed by atoms with Crippen LogP contribution in [0, 0.1) is 0 Å². The molecule has 8 nitrogen and oxygen atoms in total. The van der Waals surface area contributed by atoms with Gasteiger partial charge in [0.05, 0.1) is 6.61 Å². The minimum absolute atomic E-state index is 0.0635. The Kier molecular flexibility index (Phi) is 6.73. The van der Waals surface area contributed by atoms with Gasteiger partial charge in [-0.3, -0.25) is 4.79 Å². The number of aliphatic hydroxyl groups excluding tert-OH is 3. The number of ketones is 1. The lowest BCUT2D eigenvalue weighted by Crippen LogP contribution is -2.75. The Bertz CT molecular complexity index is 590. The summed E-state index contributed by atoms with van der Waals surface area (Å²) in [6, 6.07) is 7.88. The maximum atomic E-state index is 12.5. The van der Waals surface area contributed by atoms with Gasteiger partial charge >= 0.3 is 5.97 Å². The van der Waals surface area contributed by atoms with E-state index < -0.39 is 42.3 Å². The fourth-order valence-corrected chi connectivity index (χ4v) is 2.99. The number of carbonyl (C=O) groups is 1. The highest BCUT2D eigenvalue weighted by molar-refractivity contribution is 5.88. The summed E-state index contributed by atoms with van der Waals surface area (Å²) < 4.78 is 10.4. The fraction of sp³-hybridized carbons (Fsp3) is 0.611. The van der Waals surface area contributed by atoms with E-state index >= 15 is 0 Å². The van der Waals surface area contributed by atoms with Gasteiger partial charge in [0.1, 0.15) is 18.0 Å². The van der Waals surface area contributed by atoms with E-state index in [4.69, 9.17) is 9.47 Å². The lowest BCUT2D eigenvalue weighted by molar-refractivity contribution is -0.432. The molecule has 0 unspecified atom stereocenters. The molecule has 0 aromatic heterocycles. The molecule has 2 rings (SSSR count). The van der Waals surface area contributed by atoms with Gasteiger partial charge in [0.25, 0.3) is 0 Å². The van der Waals surface area contributed by atoms with E-state index in [1.807, 2.05) is 6.92 Å². The van der Waals surface area contributed by atoms with Crippen molar-refractivity contribution in [1.29, 1.82) is 0 Å². The van der Waals surface area contributed by atoms with Crippen LogP contribution in [0.3, 0.4) is 0 Å². The topological polar surface area (TPSA) is 137 Å². The number of rotatable bonds is 8. The molecule has 1 aliphatic rings. The fourth-order valence-electron chi connectivity index (χ4n) is 2.99. The standard InChI is InChI=1S/C18H26O8/c1-2-3-5-10-13(20)17(23)14(11-19)26-18(24,16(22)15(17)21)25-12-8-6-4-7-9-12/h4,6-9,14-16,19,21-24H,2-3,5,10-11H2,1H3/t14-,15-,16-,17-,18+/m1/s1. The highest BCUT2D eigenvalue weighted by Gasteiger charge is 2.65. The molecule has 1 aromatic rings. The van der Waals surface area contributed by atoms with Crippen LogP contribution in [0.1, 0.15) is 32.6 Å². The van der Waals surface area contributed by atoms with Gasteiger partial charge in [-0.2, -0.15) is 0 Å². The van der Waals surface area contributed by atoms with E-state index in [0.29, 0.717) is 6.42 Å². The summed E-state index contributed by atoms with van der Waals surface area (Å²) in [6.07, 6.45) is -3.94. The summed E-state index contributed by atoms with van der Waals surface area (Å²) in [6.45, 7) is 1.07. The average molecular weight is 370 g/mol. The molecule has 0 aliphatic carbocycles. The zero-order chi connectivity index (χ0) is 19.4. The lowest BCUT2D eigenvalue weighted by atomic mass is 9.78. The Labute approximate surface area is 151 Å². The minimum atomic E-state index is -2.75. The Balaban J connectivity index is 2.24. The number of hydrogen-bond acceptors (Lipinski definition) is 8. The molecular weight excluding hydrogens is 344 g/mol. The third-order valence-corrected chi connectivity index (χ3v) is 4.55. The first-order chi connectivity index (χ1) is 12.3. The highest BCUT2D eigenvalue weighted by atomic mass is 16.8. The molecule has 0 saturated carbocycles. The van der Waals surface area contributed by atoms with Gasteiger partial charge in [-0.25, -0.2) is 0 Å². The molecule has 0 radical (unpaired) electrons. The third-order valence-electron chi connectivity index (χ3n) is 4.55. The van der Waals surface area contributed by atoms with Crippen molar-refractivity contribution in [1.82, 2.24) is 0 Å². The van der Waals surface area contributed by atoms with E-state index in [9.17, 15) is 30.3 Å². The average Bonchev–Trinajstić information content (AvgIpc) is 2.64. The monoisotopic (exact) mass is 370 g/mol. The second-order valence-electron chi connectivity index (χ2n) is 6.43. The molecule has 8 heteroatoms. The normalized spacial score (nSPS) is 34.5. The van der Waals surface area contributed by atoms with Gasteiger partial charge in [-0.05, 0) is 18.6 Å². The number of ether oxygens (including phenoxy) is 2. The van der Waals surface area contributed by atoms with Crippen LogP contribution in [-0.4, -0.2) is 67.8 Å². The van der Waals surface area contributed by atoms with Gasteiger partial charge in [-0.15, -0.1) is 0 Å².